The molecule has 3 nitrogen and oxygen atoms in total. The first-order chi connectivity index (χ1) is 9.36. The molecule has 0 aliphatic carbocycles. The molecule has 0 spiro atoms. The summed E-state index contributed by atoms with van der Waals surface area (Å²) in [5.74, 6) is -0.800. The molecular formula is C12H8ClF4N3. The predicted molar refractivity (Wildman–Crippen MR) is 65.8 cm³/mol. The van der Waals surface area contributed by atoms with E-state index >= 15 is 0 Å². The molecule has 0 saturated heterocycles. The summed E-state index contributed by atoms with van der Waals surface area (Å²) >= 11 is 5.52. The first-order valence-electron chi connectivity index (χ1n) is 5.44. The normalized spacial score (nSPS) is 11.4. The molecule has 0 bridgehead atoms. The van der Waals surface area contributed by atoms with E-state index in [0.717, 1.165) is 18.3 Å². The molecule has 0 aliphatic rings. The maximum Gasteiger partial charge on any atom is 0.416 e. The maximum atomic E-state index is 13.3. The van der Waals surface area contributed by atoms with Gasteiger partial charge in [0.05, 0.1) is 11.8 Å². The van der Waals surface area contributed by atoms with Crippen molar-refractivity contribution in [2.75, 3.05) is 5.32 Å². The summed E-state index contributed by atoms with van der Waals surface area (Å²) < 4.78 is 50.4. The standard InChI is InChI=1S/C12H8ClF4N3/c13-11-19-6-9(14)10(20-11)18-5-7-1-3-8(4-2-7)12(15,16)17/h1-4,6H,5H2,(H,18,19,20). The van der Waals surface area contributed by atoms with Crippen molar-refractivity contribution in [3.05, 3.63) is 52.7 Å². The molecule has 0 fully saturated rings. The number of benzene rings is 1. The zero-order valence-corrected chi connectivity index (χ0v) is 10.6. The van der Waals surface area contributed by atoms with Gasteiger partial charge >= 0.3 is 6.18 Å². The van der Waals surface area contributed by atoms with Crippen LogP contribution in [-0.4, -0.2) is 9.97 Å². The van der Waals surface area contributed by atoms with Gasteiger partial charge in [-0.25, -0.2) is 9.37 Å². The van der Waals surface area contributed by atoms with E-state index in [2.05, 4.69) is 15.3 Å². The van der Waals surface area contributed by atoms with E-state index in [1.165, 1.54) is 12.1 Å². The monoisotopic (exact) mass is 305 g/mol. The van der Waals surface area contributed by atoms with Crippen molar-refractivity contribution >= 4 is 17.4 Å². The number of nitrogens with zero attached hydrogens (tertiary/aromatic N) is 2. The lowest BCUT2D eigenvalue weighted by atomic mass is 10.1. The largest absolute Gasteiger partial charge is 0.416 e. The van der Waals surface area contributed by atoms with Crippen molar-refractivity contribution in [2.45, 2.75) is 12.7 Å². The van der Waals surface area contributed by atoms with Crippen LogP contribution in [0.5, 0.6) is 0 Å². The molecule has 8 heteroatoms. The van der Waals surface area contributed by atoms with Gasteiger partial charge in [0, 0.05) is 6.54 Å². The highest BCUT2D eigenvalue weighted by molar-refractivity contribution is 6.28. The van der Waals surface area contributed by atoms with Crippen molar-refractivity contribution in [1.82, 2.24) is 9.97 Å². The Bertz CT molecular complexity index is 599. The molecule has 2 aromatic rings. The Hall–Kier alpha value is -1.89. The molecule has 1 aromatic heterocycles. The van der Waals surface area contributed by atoms with Crippen LogP contribution in [0.2, 0.25) is 5.28 Å². The highest BCUT2D eigenvalue weighted by Crippen LogP contribution is 2.29. The quantitative estimate of drug-likeness (QED) is 0.690. The molecule has 0 saturated carbocycles. The average Bonchev–Trinajstić information content (AvgIpc) is 2.39. The molecule has 1 heterocycles. The van der Waals surface area contributed by atoms with Crippen LogP contribution in [0, 0.1) is 5.82 Å². The van der Waals surface area contributed by atoms with Crippen molar-refractivity contribution in [3.8, 4) is 0 Å². The third-order valence-corrected chi connectivity index (χ3v) is 2.64. The van der Waals surface area contributed by atoms with Gasteiger partial charge in [-0.2, -0.15) is 18.2 Å². The Labute approximate surface area is 116 Å². The fourth-order valence-corrected chi connectivity index (χ4v) is 1.60. The van der Waals surface area contributed by atoms with Gasteiger partial charge in [-0.15, -0.1) is 0 Å². The van der Waals surface area contributed by atoms with Crippen LogP contribution < -0.4 is 5.32 Å². The number of halogens is 5. The van der Waals surface area contributed by atoms with E-state index < -0.39 is 17.6 Å². The number of hydrogen-bond acceptors (Lipinski definition) is 3. The molecule has 106 valence electrons. The number of anilines is 1. The highest BCUT2D eigenvalue weighted by atomic mass is 35.5. The fourth-order valence-electron chi connectivity index (χ4n) is 1.47. The minimum absolute atomic E-state index is 0.107. The van der Waals surface area contributed by atoms with Crippen molar-refractivity contribution in [2.24, 2.45) is 0 Å². The van der Waals surface area contributed by atoms with E-state index in [9.17, 15) is 17.6 Å². The molecule has 0 atom stereocenters. The first-order valence-corrected chi connectivity index (χ1v) is 5.82. The van der Waals surface area contributed by atoms with Gasteiger partial charge in [-0.05, 0) is 29.3 Å². The van der Waals surface area contributed by atoms with Crippen LogP contribution in [0.4, 0.5) is 23.4 Å². The summed E-state index contributed by atoms with van der Waals surface area (Å²) in [6.45, 7) is 0.113. The minimum atomic E-state index is -4.38. The number of hydrogen-bond donors (Lipinski definition) is 1. The zero-order chi connectivity index (χ0) is 14.8. The maximum absolute atomic E-state index is 13.3. The Morgan fingerprint density at radius 3 is 2.40 bits per heavy atom. The number of alkyl halides is 3. The Morgan fingerprint density at radius 2 is 1.80 bits per heavy atom. The molecule has 2 rings (SSSR count). The van der Waals surface area contributed by atoms with Crippen LogP contribution in [-0.2, 0) is 12.7 Å². The van der Waals surface area contributed by atoms with Crippen LogP contribution >= 0.6 is 11.6 Å². The molecule has 0 aliphatic heterocycles. The number of rotatable bonds is 3. The average molecular weight is 306 g/mol. The smallest absolute Gasteiger partial charge is 0.363 e. The van der Waals surface area contributed by atoms with Crippen molar-refractivity contribution in [1.29, 1.82) is 0 Å². The fraction of sp³-hybridized carbons (Fsp3) is 0.167. The molecule has 20 heavy (non-hydrogen) atoms. The predicted octanol–water partition coefficient (Wildman–Crippen LogP) is 3.90. The lowest BCUT2D eigenvalue weighted by Crippen LogP contribution is -2.07. The second kappa shape index (κ2) is 5.62. The second-order valence-corrected chi connectivity index (χ2v) is 4.22. The lowest BCUT2D eigenvalue weighted by Gasteiger charge is -2.09. The molecule has 0 radical (unpaired) electrons. The van der Waals surface area contributed by atoms with Gasteiger partial charge < -0.3 is 5.32 Å². The van der Waals surface area contributed by atoms with Gasteiger partial charge in [-0.1, -0.05) is 12.1 Å². The Morgan fingerprint density at radius 1 is 1.15 bits per heavy atom. The summed E-state index contributed by atoms with van der Waals surface area (Å²) in [6, 6.07) is 4.52. The van der Waals surface area contributed by atoms with Gasteiger partial charge in [0.2, 0.25) is 5.28 Å². The van der Waals surface area contributed by atoms with E-state index in [1.54, 1.807) is 0 Å². The first kappa shape index (κ1) is 14.5. The van der Waals surface area contributed by atoms with Crippen molar-refractivity contribution in [3.63, 3.8) is 0 Å². The van der Waals surface area contributed by atoms with Crippen LogP contribution in [0.1, 0.15) is 11.1 Å². The van der Waals surface area contributed by atoms with E-state index in [4.69, 9.17) is 11.6 Å². The van der Waals surface area contributed by atoms with Gasteiger partial charge in [0.15, 0.2) is 11.6 Å². The summed E-state index contributed by atoms with van der Waals surface area (Å²) in [5, 5.41) is 2.51. The number of nitrogens with one attached hydrogen (secondary N) is 1. The minimum Gasteiger partial charge on any atom is -0.363 e. The van der Waals surface area contributed by atoms with Crippen LogP contribution in [0.15, 0.2) is 30.5 Å². The Kier molecular flexibility index (Phi) is 4.08. The molecule has 1 N–H and O–H groups in total. The highest BCUT2D eigenvalue weighted by Gasteiger charge is 2.29. The van der Waals surface area contributed by atoms with E-state index in [0.29, 0.717) is 5.56 Å². The van der Waals surface area contributed by atoms with Gasteiger partial charge in [0.25, 0.3) is 0 Å². The van der Waals surface area contributed by atoms with E-state index in [1.807, 2.05) is 0 Å². The third-order valence-electron chi connectivity index (χ3n) is 2.46. The molecule has 0 amide bonds. The van der Waals surface area contributed by atoms with E-state index in [-0.39, 0.29) is 17.6 Å². The molecular weight excluding hydrogens is 298 g/mol. The second-order valence-electron chi connectivity index (χ2n) is 3.88. The van der Waals surface area contributed by atoms with Gasteiger partial charge in [-0.3, -0.25) is 0 Å². The SMILES string of the molecule is Fc1cnc(Cl)nc1NCc1ccc(C(F)(F)F)cc1. The summed E-state index contributed by atoms with van der Waals surface area (Å²) in [5.41, 5.74) is -0.190. The topological polar surface area (TPSA) is 37.8 Å². The van der Waals surface area contributed by atoms with Gasteiger partial charge in [0.1, 0.15) is 0 Å². The third kappa shape index (κ3) is 3.57. The Balaban J connectivity index is 2.06. The molecule has 1 aromatic carbocycles. The summed E-state index contributed by atoms with van der Waals surface area (Å²) in [7, 11) is 0. The van der Waals surface area contributed by atoms with Crippen molar-refractivity contribution < 1.29 is 17.6 Å². The summed E-state index contributed by atoms with van der Waals surface area (Å²) in [6.07, 6.45) is -3.47. The molecule has 0 unspecified atom stereocenters. The van der Waals surface area contributed by atoms with Crippen LogP contribution in [0.3, 0.4) is 0 Å². The number of aromatic nitrogens is 2. The van der Waals surface area contributed by atoms with Crippen LogP contribution in [0.25, 0.3) is 0 Å². The lowest BCUT2D eigenvalue weighted by molar-refractivity contribution is -0.137. The zero-order valence-electron chi connectivity index (χ0n) is 9.88. The summed E-state index contributed by atoms with van der Waals surface area (Å²) in [4.78, 5) is 7.08.